The van der Waals surface area contributed by atoms with E-state index in [-0.39, 0.29) is 6.03 Å². The molecule has 6 heteroatoms. The molecule has 0 bridgehead atoms. The summed E-state index contributed by atoms with van der Waals surface area (Å²) in [7, 11) is 4.04. The topological polar surface area (TPSA) is 78.7 Å². The van der Waals surface area contributed by atoms with E-state index in [0.717, 1.165) is 13.0 Å². The molecule has 1 aromatic carbocycles. The van der Waals surface area contributed by atoms with Crippen molar-refractivity contribution >= 4 is 17.6 Å². The fourth-order valence-electron chi connectivity index (χ4n) is 2.58. The van der Waals surface area contributed by atoms with E-state index in [1.807, 2.05) is 14.1 Å². The smallest absolute Gasteiger partial charge is 0.321 e. The van der Waals surface area contributed by atoms with Crippen LogP contribution in [-0.4, -0.2) is 55.0 Å². The Balaban J connectivity index is 2.07. The third kappa shape index (κ3) is 3.33. The molecule has 3 amide bonds. The molecule has 1 aliphatic rings. The Morgan fingerprint density at radius 1 is 1.38 bits per heavy atom. The maximum Gasteiger partial charge on any atom is 0.321 e. The van der Waals surface area contributed by atoms with E-state index in [2.05, 4.69) is 10.2 Å². The molecule has 0 radical (unpaired) electrons. The molecule has 0 aliphatic carbocycles. The van der Waals surface area contributed by atoms with Crippen LogP contribution in [0.1, 0.15) is 22.3 Å². The standard InChI is InChI=1S/C15H22N4O2/c1-10-12(14(16)20)5-4-6-13(10)17-15(21)19-8-7-11(9-19)18(2)3/h4-6,11H,7-9H2,1-3H3,(H2,16,20)(H,17,21). The predicted molar refractivity (Wildman–Crippen MR) is 82.4 cm³/mol. The molecule has 21 heavy (non-hydrogen) atoms. The maximum absolute atomic E-state index is 12.3. The summed E-state index contributed by atoms with van der Waals surface area (Å²) in [5.41, 5.74) is 7.08. The summed E-state index contributed by atoms with van der Waals surface area (Å²) in [6.45, 7) is 3.24. The third-order valence-electron chi connectivity index (χ3n) is 4.02. The summed E-state index contributed by atoms with van der Waals surface area (Å²) in [5.74, 6) is -0.488. The van der Waals surface area contributed by atoms with Crippen LogP contribution < -0.4 is 11.1 Å². The summed E-state index contributed by atoms with van der Waals surface area (Å²) in [4.78, 5) is 27.5. The largest absolute Gasteiger partial charge is 0.366 e. The van der Waals surface area contributed by atoms with E-state index in [1.54, 1.807) is 30.0 Å². The van der Waals surface area contributed by atoms with Crippen LogP contribution in [0, 0.1) is 6.92 Å². The van der Waals surface area contributed by atoms with Crippen LogP contribution in [0.5, 0.6) is 0 Å². The molecule has 0 saturated carbocycles. The number of urea groups is 1. The highest BCUT2D eigenvalue weighted by atomic mass is 16.2. The highest BCUT2D eigenvalue weighted by molar-refractivity contribution is 5.98. The first-order chi connectivity index (χ1) is 9.90. The number of anilines is 1. The lowest BCUT2D eigenvalue weighted by Crippen LogP contribution is -2.37. The summed E-state index contributed by atoms with van der Waals surface area (Å²) < 4.78 is 0. The zero-order valence-electron chi connectivity index (χ0n) is 12.7. The molecule has 0 spiro atoms. The fourth-order valence-corrected chi connectivity index (χ4v) is 2.58. The van der Waals surface area contributed by atoms with Crippen molar-refractivity contribution in [3.05, 3.63) is 29.3 Å². The quantitative estimate of drug-likeness (QED) is 0.879. The normalized spacial score (nSPS) is 18.1. The minimum Gasteiger partial charge on any atom is -0.366 e. The molecule has 1 saturated heterocycles. The summed E-state index contributed by atoms with van der Waals surface area (Å²) in [6, 6.07) is 5.41. The highest BCUT2D eigenvalue weighted by Gasteiger charge is 2.27. The molecule has 2 rings (SSSR count). The minimum absolute atomic E-state index is 0.135. The van der Waals surface area contributed by atoms with Crippen molar-refractivity contribution in [2.75, 3.05) is 32.5 Å². The Kier molecular flexibility index (Phi) is 4.47. The van der Waals surface area contributed by atoms with Gasteiger partial charge < -0.3 is 20.9 Å². The van der Waals surface area contributed by atoms with E-state index in [1.165, 1.54) is 0 Å². The van der Waals surface area contributed by atoms with Gasteiger partial charge in [-0.05, 0) is 45.1 Å². The van der Waals surface area contributed by atoms with Crippen LogP contribution in [0.15, 0.2) is 18.2 Å². The van der Waals surface area contributed by atoms with Gasteiger partial charge in [-0.25, -0.2) is 4.79 Å². The number of nitrogens with one attached hydrogen (secondary N) is 1. The van der Waals surface area contributed by atoms with Gasteiger partial charge in [0, 0.05) is 30.4 Å². The molecular weight excluding hydrogens is 268 g/mol. The van der Waals surface area contributed by atoms with Gasteiger partial charge in [-0.3, -0.25) is 4.79 Å². The van der Waals surface area contributed by atoms with Crippen molar-refractivity contribution in [1.82, 2.24) is 9.80 Å². The van der Waals surface area contributed by atoms with Crippen LogP contribution in [0.2, 0.25) is 0 Å². The molecule has 1 aromatic rings. The van der Waals surface area contributed by atoms with Gasteiger partial charge in [0.15, 0.2) is 0 Å². The number of carbonyl (C=O) groups is 2. The first kappa shape index (κ1) is 15.3. The minimum atomic E-state index is -0.488. The Labute approximate surface area is 124 Å². The zero-order valence-corrected chi connectivity index (χ0v) is 12.7. The second kappa shape index (κ2) is 6.13. The Morgan fingerprint density at radius 3 is 2.67 bits per heavy atom. The maximum atomic E-state index is 12.3. The van der Waals surface area contributed by atoms with Gasteiger partial charge in [0.1, 0.15) is 0 Å². The highest BCUT2D eigenvalue weighted by Crippen LogP contribution is 2.20. The Hall–Kier alpha value is -2.08. The number of benzene rings is 1. The van der Waals surface area contributed by atoms with Crippen LogP contribution >= 0.6 is 0 Å². The number of rotatable bonds is 3. The summed E-state index contributed by atoms with van der Waals surface area (Å²) in [5, 5.41) is 2.87. The molecule has 0 aromatic heterocycles. The number of hydrogen-bond donors (Lipinski definition) is 2. The first-order valence-corrected chi connectivity index (χ1v) is 7.02. The Bertz CT molecular complexity index is 557. The lowest BCUT2D eigenvalue weighted by Gasteiger charge is -2.21. The molecule has 1 atom stereocenters. The molecule has 114 valence electrons. The number of likely N-dealkylation sites (tertiary alicyclic amines) is 1. The molecule has 1 heterocycles. The van der Waals surface area contributed by atoms with Gasteiger partial charge in [-0.2, -0.15) is 0 Å². The second-order valence-electron chi connectivity index (χ2n) is 5.62. The molecule has 3 N–H and O–H groups in total. The van der Waals surface area contributed by atoms with Gasteiger partial charge in [-0.1, -0.05) is 6.07 Å². The van der Waals surface area contributed by atoms with Crippen molar-refractivity contribution in [2.45, 2.75) is 19.4 Å². The van der Waals surface area contributed by atoms with Gasteiger partial charge in [0.2, 0.25) is 5.91 Å². The number of amides is 3. The van der Waals surface area contributed by atoms with Gasteiger partial charge >= 0.3 is 6.03 Å². The van der Waals surface area contributed by atoms with Crippen molar-refractivity contribution in [2.24, 2.45) is 5.73 Å². The molecule has 1 unspecified atom stereocenters. The molecular formula is C15H22N4O2. The van der Waals surface area contributed by atoms with E-state index >= 15 is 0 Å². The Morgan fingerprint density at radius 2 is 2.10 bits per heavy atom. The summed E-state index contributed by atoms with van der Waals surface area (Å²) >= 11 is 0. The van der Waals surface area contributed by atoms with Crippen molar-refractivity contribution in [3.63, 3.8) is 0 Å². The fraction of sp³-hybridized carbons (Fsp3) is 0.467. The average Bonchev–Trinajstić information content (AvgIpc) is 2.90. The van der Waals surface area contributed by atoms with Crippen molar-refractivity contribution < 1.29 is 9.59 Å². The number of hydrogen-bond acceptors (Lipinski definition) is 3. The van der Waals surface area contributed by atoms with E-state index < -0.39 is 5.91 Å². The first-order valence-electron chi connectivity index (χ1n) is 7.02. The van der Waals surface area contributed by atoms with Crippen LogP contribution in [0.3, 0.4) is 0 Å². The van der Waals surface area contributed by atoms with Crippen molar-refractivity contribution in [1.29, 1.82) is 0 Å². The van der Waals surface area contributed by atoms with Crippen LogP contribution in [-0.2, 0) is 0 Å². The SMILES string of the molecule is Cc1c(NC(=O)N2CCC(N(C)C)C2)cccc1C(N)=O. The van der Waals surface area contributed by atoms with Gasteiger partial charge in [0.25, 0.3) is 0 Å². The van der Waals surface area contributed by atoms with Crippen LogP contribution in [0.4, 0.5) is 10.5 Å². The summed E-state index contributed by atoms with van der Waals surface area (Å²) in [6.07, 6.45) is 0.973. The zero-order chi connectivity index (χ0) is 15.6. The van der Waals surface area contributed by atoms with Gasteiger partial charge in [0.05, 0.1) is 0 Å². The lowest BCUT2D eigenvalue weighted by molar-refractivity contribution is 0.0999. The molecule has 1 aliphatic heterocycles. The van der Waals surface area contributed by atoms with Gasteiger partial charge in [-0.15, -0.1) is 0 Å². The lowest BCUT2D eigenvalue weighted by atomic mass is 10.1. The number of likely N-dealkylation sites (N-methyl/N-ethyl adjacent to an activating group) is 1. The van der Waals surface area contributed by atoms with E-state index in [0.29, 0.717) is 29.4 Å². The number of primary amides is 1. The third-order valence-corrected chi connectivity index (χ3v) is 4.02. The number of carbonyl (C=O) groups excluding carboxylic acids is 2. The van der Waals surface area contributed by atoms with Crippen molar-refractivity contribution in [3.8, 4) is 0 Å². The van der Waals surface area contributed by atoms with E-state index in [9.17, 15) is 9.59 Å². The molecule has 6 nitrogen and oxygen atoms in total. The predicted octanol–water partition coefficient (Wildman–Crippen LogP) is 1.26. The monoisotopic (exact) mass is 290 g/mol. The van der Waals surface area contributed by atoms with E-state index in [4.69, 9.17) is 5.73 Å². The second-order valence-corrected chi connectivity index (χ2v) is 5.62. The molecule has 1 fully saturated rings. The van der Waals surface area contributed by atoms with Crippen LogP contribution in [0.25, 0.3) is 0 Å². The average molecular weight is 290 g/mol. The number of nitrogens with zero attached hydrogens (tertiary/aromatic N) is 2. The number of nitrogens with two attached hydrogens (primary N) is 1.